The molecule has 2 aliphatic carbocycles. The van der Waals surface area contributed by atoms with Crippen LogP contribution in [-0.4, -0.2) is 25.0 Å². The summed E-state index contributed by atoms with van der Waals surface area (Å²) in [6.07, 6.45) is 7.96. The average molecular weight is 292 g/mol. The van der Waals surface area contributed by atoms with Crippen LogP contribution in [0.2, 0.25) is 0 Å². The summed E-state index contributed by atoms with van der Waals surface area (Å²) in [4.78, 5) is 12.8. The molecule has 0 aromatic carbocycles. The zero-order valence-corrected chi connectivity index (χ0v) is 14.0. The molecule has 0 radical (unpaired) electrons. The SMILES string of the molecule is CC(NC(=O)C(C)(C)C1CCCNC1)C1CC2CCC1C2. The molecule has 120 valence electrons. The lowest BCUT2D eigenvalue weighted by Crippen LogP contribution is -2.51. The Morgan fingerprint density at radius 3 is 2.62 bits per heavy atom. The van der Waals surface area contributed by atoms with Crippen LogP contribution in [0.5, 0.6) is 0 Å². The third-order valence-corrected chi connectivity index (χ3v) is 6.70. The van der Waals surface area contributed by atoms with E-state index in [1.165, 1.54) is 38.5 Å². The number of carbonyl (C=O) groups is 1. The summed E-state index contributed by atoms with van der Waals surface area (Å²) in [6, 6.07) is 0.351. The summed E-state index contributed by atoms with van der Waals surface area (Å²) in [5.74, 6) is 3.30. The first-order valence-electron chi connectivity index (χ1n) is 9.00. The maximum atomic E-state index is 12.8. The quantitative estimate of drug-likeness (QED) is 0.836. The van der Waals surface area contributed by atoms with Crippen molar-refractivity contribution in [1.82, 2.24) is 10.6 Å². The van der Waals surface area contributed by atoms with E-state index in [-0.39, 0.29) is 11.3 Å². The van der Waals surface area contributed by atoms with Crippen molar-refractivity contribution in [2.24, 2.45) is 29.1 Å². The molecule has 1 heterocycles. The van der Waals surface area contributed by atoms with E-state index in [9.17, 15) is 4.79 Å². The smallest absolute Gasteiger partial charge is 0.226 e. The van der Waals surface area contributed by atoms with Gasteiger partial charge in [0.15, 0.2) is 0 Å². The lowest BCUT2D eigenvalue weighted by Gasteiger charge is -2.38. The highest BCUT2D eigenvalue weighted by Crippen LogP contribution is 2.49. The first-order chi connectivity index (χ1) is 9.98. The van der Waals surface area contributed by atoms with Crippen LogP contribution in [0.15, 0.2) is 0 Å². The van der Waals surface area contributed by atoms with E-state index in [4.69, 9.17) is 0 Å². The van der Waals surface area contributed by atoms with Gasteiger partial charge in [-0.25, -0.2) is 0 Å². The zero-order valence-electron chi connectivity index (χ0n) is 14.0. The van der Waals surface area contributed by atoms with Gasteiger partial charge in [-0.2, -0.15) is 0 Å². The summed E-state index contributed by atoms with van der Waals surface area (Å²) in [5, 5.41) is 6.82. The Bertz CT molecular complexity index is 387. The van der Waals surface area contributed by atoms with Crippen LogP contribution in [-0.2, 0) is 4.79 Å². The first kappa shape index (κ1) is 15.3. The van der Waals surface area contributed by atoms with E-state index in [1.54, 1.807) is 0 Å². The molecule has 3 fully saturated rings. The van der Waals surface area contributed by atoms with Crippen molar-refractivity contribution >= 4 is 5.91 Å². The van der Waals surface area contributed by atoms with Crippen LogP contribution >= 0.6 is 0 Å². The molecule has 3 heteroatoms. The van der Waals surface area contributed by atoms with Gasteiger partial charge in [0.05, 0.1) is 0 Å². The maximum Gasteiger partial charge on any atom is 0.226 e. The van der Waals surface area contributed by atoms with Crippen molar-refractivity contribution in [2.45, 2.75) is 65.3 Å². The number of rotatable bonds is 4. The third-order valence-electron chi connectivity index (χ3n) is 6.70. The lowest BCUT2D eigenvalue weighted by atomic mass is 9.74. The number of hydrogen-bond acceptors (Lipinski definition) is 2. The van der Waals surface area contributed by atoms with Crippen LogP contribution < -0.4 is 10.6 Å². The highest BCUT2D eigenvalue weighted by Gasteiger charge is 2.44. The molecular formula is C18H32N2O. The second-order valence-corrected chi connectivity index (χ2v) is 8.37. The van der Waals surface area contributed by atoms with Gasteiger partial charge in [0.1, 0.15) is 0 Å². The highest BCUT2D eigenvalue weighted by molar-refractivity contribution is 5.82. The Kier molecular flexibility index (Phi) is 4.31. The van der Waals surface area contributed by atoms with E-state index in [1.807, 2.05) is 0 Å². The van der Waals surface area contributed by atoms with Crippen LogP contribution in [0.25, 0.3) is 0 Å². The van der Waals surface area contributed by atoms with Crippen molar-refractivity contribution in [2.75, 3.05) is 13.1 Å². The van der Waals surface area contributed by atoms with Crippen molar-refractivity contribution in [3.8, 4) is 0 Å². The Morgan fingerprint density at radius 1 is 1.24 bits per heavy atom. The molecule has 1 saturated heterocycles. The molecule has 0 aromatic rings. The Hall–Kier alpha value is -0.570. The molecule has 3 aliphatic rings. The Morgan fingerprint density at radius 2 is 2.05 bits per heavy atom. The molecule has 3 nitrogen and oxygen atoms in total. The average Bonchev–Trinajstić information content (AvgIpc) is 3.10. The zero-order chi connectivity index (χ0) is 15.0. The molecule has 3 rings (SSSR count). The fourth-order valence-electron chi connectivity index (χ4n) is 5.06. The minimum Gasteiger partial charge on any atom is -0.353 e. The molecule has 2 saturated carbocycles. The fourth-order valence-corrected chi connectivity index (χ4v) is 5.06. The number of fused-ring (bicyclic) bond motifs is 2. The van der Waals surface area contributed by atoms with Crippen molar-refractivity contribution < 1.29 is 4.79 Å². The molecule has 5 atom stereocenters. The highest BCUT2D eigenvalue weighted by atomic mass is 16.2. The third kappa shape index (κ3) is 2.99. The predicted molar refractivity (Wildman–Crippen MR) is 85.9 cm³/mol. The molecule has 2 bridgehead atoms. The number of nitrogens with one attached hydrogen (secondary N) is 2. The van der Waals surface area contributed by atoms with Gasteiger partial charge in [0, 0.05) is 11.5 Å². The predicted octanol–water partition coefficient (Wildman–Crippen LogP) is 2.95. The molecule has 1 amide bonds. The molecule has 0 spiro atoms. The molecule has 2 N–H and O–H groups in total. The van der Waals surface area contributed by atoms with Gasteiger partial charge in [0.25, 0.3) is 0 Å². The summed E-state index contributed by atoms with van der Waals surface area (Å²) >= 11 is 0. The van der Waals surface area contributed by atoms with Crippen LogP contribution in [0.1, 0.15) is 59.3 Å². The maximum absolute atomic E-state index is 12.8. The van der Waals surface area contributed by atoms with E-state index in [0.29, 0.717) is 12.0 Å². The molecular weight excluding hydrogens is 260 g/mol. The van der Waals surface area contributed by atoms with Gasteiger partial charge in [0.2, 0.25) is 5.91 Å². The molecule has 5 unspecified atom stereocenters. The fraction of sp³-hybridized carbons (Fsp3) is 0.944. The Balaban J connectivity index is 1.57. The van der Waals surface area contributed by atoms with Crippen molar-refractivity contribution in [1.29, 1.82) is 0 Å². The van der Waals surface area contributed by atoms with E-state index >= 15 is 0 Å². The second kappa shape index (κ2) is 5.91. The minimum atomic E-state index is -0.251. The van der Waals surface area contributed by atoms with Crippen LogP contribution in [0.4, 0.5) is 0 Å². The van der Waals surface area contributed by atoms with Gasteiger partial charge in [-0.3, -0.25) is 4.79 Å². The number of piperidine rings is 1. The minimum absolute atomic E-state index is 0.251. The summed E-state index contributed by atoms with van der Waals surface area (Å²) in [5.41, 5.74) is -0.251. The van der Waals surface area contributed by atoms with Crippen molar-refractivity contribution in [3.05, 3.63) is 0 Å². The molecule has 21 heavy (non-hydrogen) atoms. The number of hydrogen-bond donors (Lipinski definition) is 2. The van der Waals surface area contributed by atoms with Gasteiger partial charge < -0.3 is 10.6 Å². The van der Waals surface area contributed by atoms with E-state index in [0.717, 1.165) is 30.8 Å². The largest absolute Gasteiger partial charge is 0.353 e. The van der Waals surface area contributed by atoms with Crippen LogP contribution in [0.3, 0.4) is 0 Å². The second-order valence-electron chi connectivity index (χ2n) is 8.37. The number of amides is 1. The van der Waals surface area contributed by atoms with Gasteiger partial charge in [-0.05, 0) is 75.8 Å². The number of carbonyl (C=O) groups excluding carboxylic acids is 1. The molecule has 1 aliphatic heterocycles. The standard InChI is InChI=1S/C18H32N2O/c1-12(16-10-13-6-7-14(16)9-13)20-17(21)18(2,3)15-5-4-8-19-11-15/h12-16,19H,4-11H2,1-3H3,(H,20,21). The summed E-state index contributed by atoms with van der Waals surface area (Å²) in [6.45, 7) is 8.60. The van der Waals surface area contributed by atoms with Gasteiger partial charge in [-0.15, -0.1) is 0 Å². The monoisotopic (exact) mass is 292 g/mol. The lowest BCUT2D eigenvalue weighted by molar-refractivity contribution is -0.133. The molecule has 0 aromatic heterocycles. The van der Waals surface area contributed by atoms with Crippen molar-refractivity contribution in [3.63, 3.8) is 0 Å². The Labute approximate surface area is 129 Å². The normalized spacial score (nSPS) is 37.5. The van der Waals surface area contributed by atoms with Gasteiger partial charge >= 0.3 is 0 Å². The summed E-state index contributed by atoms with van der Waals surface area (Å²) in [7, 11) is 0. The topological polar surface area (TPSA) is 41.1 Å². The van der Waals surface area contributed by atoms with Gasteiger partial charge in [-0.1, -0.05) is 20.3 Å². The van der Waals surface area contributed by atoms with E-state index in [2.05, 4.69) is 31.4 Å². The van der Waals surface area contributed by atoms with E-state index < -0.39 is 0 Å². The van der Waals surface area contributed by atoms with Crippen LogP contribution in [0, 0.1) is 29.1 Å². The summed E-state index contributed by atoms with van der Waals surface area (Å²) < 4.78 is 0. The first-order valence-corrected chi connectivity index (χ1v) is 9.00.